The number of nitrogens with one attached hydrogen (secondary N) is 1. The molecule has 0 saturated heterocycles. The van der Waals surface area contributed by atoms with Gasteiger partial charge in [0.2, 0.25) is 0 Å². The molecule has 14 heavy (non-hydrogen) atoms. The third-order valence-corrected chi connectivity index (χ3v) is 2.50. The quantitative estimate of drug-likeness (QED) is 0.652. The third-order valence-electron chi connectivity index (χ3n) is 2.50. The molecule has 0 amide bonds. The molecular weight excluding hydrogens is 180 g/mol. The second-order valence-electron chi connectivity index (χ2n) is 3.33. The van der Waals surface area contributed by atoms with Crippen molar-refractivity contribution in [2.75, 3.05) is 6.61 Å². The van der Waals surface area contributed by atoms with Crippen LogP contribution in [0.1, 0.15) is 22.4 Å². The van der Waals surface area contributed by atoms with Gasteiger partial charge < -0.3 is 9.72 Å². The van der Waals surface area contributed by atoms with Crippen molar-refractivity contribution in [2.45, 2.75) is 20.0 Å². The summed E-state index contributed by atoms with van der Waals surface area (Å²) in [6.45, 7) is 2.91. The number of ether oxygens (including phenoxy) is 1. The summed E-state index contributed by atoms with van der Waals surface area (Å²) in [5.41, 5.74) is 2.59. The molecule has 1 N–H and O–H groups in total. The minimum Gasteiger partial charge on any atom is -0.376 e. The van der Waals surface area contributed by atoms with Crippen LogP contribution in [0.25, 0.3) is 0 Å². The van der Waals surface area contributed by atoms with Crippen LogP contribution >= 0.6 is 0 Å². The lowest BCUT2D eigenvalue weighted by atomic mass is 9.98. The first-order chi connectivity index (χ1) is 6.74. The predicted octanol–water partition coefficient (Wildman–Crippen LogP) is 0.628. The number of hydrogen-bond donors (Lipinski definition) is 1. The largest absolute Gasteiger partial charge is 0.376 e. The average Bonchev–Trinajstić information content (AvgIpc) is 2.18. The molecule has 1 aliphatic heterocycles. The van der Waals surface area contributed by atoms with Gasteiger partial charge in [0.15, 0.2) is 0 Å². The first kappa shape index (κ1) is 8.97. The Labute approximate surface area is 81.1 Å². The predicted molar refractivity (Wildman–Crippen MR) is 49.9 cm³/mol. The molecule has 0 unspecified atom stereocenters. The van der Waals surface area contributed by atoms with Gasteiger partial charge in [-0.05, 0) is 18.9 Å². The van der Waals surface area contributed by atoms with E-state index in [1.165, 1.54) is 0 Å². The standard InChI is InChI=1S/C10H10N2O2/c1-6-9-5-14-3-2-7(9)8(4-11)10(13)12-6/h2-3,5H2,1H3,(H,12,13). The summed E-state index contributed by atoms with van der Waals surface area (Å²) in [6, 6.07) is 1.95. The number of rotatable bonds is 0. The lowest BCUT2D eigenvalue weighted by Crippen LogP contribution is -2.22. The van der Waals surface area contributed by atoms with E-state index in [0.29, 0.717) is 19.6 Å². The Morgan fingerprint density at radius 1 is 1.50 bits per heavy atom. The highest BCUT2D eigenvalue weighted by Crippen LogP contribution is 2.19. The van der Waals surface area contributed by atoms with E-state index in [9.17, 15) is 4.79 Å². The highest BCUT2D eigenvalue weighted by atomic mass is 16.5. The van der Waals surface area contributed by atoms with E-state index in [-0.39, 0.29) is 11.1 Å². The van der Waals surface area contributed by atoms with E-state index < -0.39 is 0 Å². The minimum absolute atomic E-state index is 0.244. The Morgan fingerprint density at radius 3 is 3.00 bits per heavy atom. The number of pyridine rings is 1. The van der Waals surface area contributed by atoms with Gasteiger partial charge in [0.1, 0.15) is 11.6 Å². The fraction of sp³-hybridized carbons (Fsp3) is 0.400. The van der Waals surface area contributed by atoms with Crippen molar-refractivity contribution in [3.05, 3.63) is 32.7 Å². The maximum Gasteiger partial charge on any atom is 0.266 e. The Balaban J connectivity index is 2.75. The number of fused-ring (bicyclic) bond motifs is 1. The van der Waals surface area contributed by atoms with Gasteiger partial charge >= 0.3 is 0 Å². The molecule has 1 aromatic heterocycles. The second kappa shape index (κ2) is 3.28. The Kier molecular flexibility index (Phi) is 2.10. The van der Waals surface area contributed by atoms with Crippen molar-refractivity contribution in [2.24, 2.45) is 0 Å². The zero-order chi connectivity index (χ0) is 10.1. The molecule has 0 radical (unpaired) electrons. The van der Waals surface area contributed by atoms with Gasteiger partial charge in [-0.2, -0.15) is 5.26 Å². The zero-order valence-electron chi connectivity index (χ0n) is 7.89. The first-order valence-corrected chi connectivity index (χ1v) is 4.46. The van der Waals surface area contributed by atoms with Crippen molar-refractivity contribution in [1.29, 1.82) is 5.26 Å². The van der Waals surface area contributed by atoms with Crippen LogP contribution in [-0.4, -0.2) is 11.6 Å². The number of hydrogen-bond acceptors (Lipinski definition) is 3. The van der Waals surface area contributed by atoms with Crippen LogP contribution < -0.4 is 5.56 Å². The summed E-state index contributed by atoms with van der Waals surface area (Å²) < 4.78 is 5.28. The van der Waals surface area contributed by atoms with Crippen molar-refractivity contribution in [1.82, 2.24) is 4.98 Å². The molecule has 1 aromatic rings. The molecule has 72 valence electrons. The highest BCUT2D eigenvalue weighted by Gasteiger charge is 2.18. The number of nitriles is 1. The van der Waals surface area contributed by atoms with Crippen LogP contribution in [0.15, 0.2) is 4.79 Å². The van der Waals surface area contributed by atoms with Gasteiger partial charge in [-0.15, -0.1) is 0 Å². The Morgan fingerprint density at radius 2 is 2.29 bits per heavy atom. The fourth-order valence-corrected chi connectivity index (χ4v) is 1.76. The molecule has 2 rings (SSSR count). The molecule has 0 saturated carbocycles. The van der Waals surface area contributed by atoms with Crippen molar-refractivity contribution in [3.63, 3.8) is 0 Å². The van der Waals surface area contributed by atoms with E-state index >= 15 is 0 Å². The summed E-state index contributed by atoms with van der Waals surface area (Å²) in [4.78, 5) is 14.1. The van der Waals surface area contributed by atoms with Crippen LogP contribution in [0.3, 0.4) is 0 Å². The van der Waals surface area contributed by atoms with E-state index in [4.69, 9.17) is 10.00 Å². The van der Waals surface area contributed by atoms with Crippen LogP contribution in [0.4, 0.5) is 0 Å². The SMILES string of the molecule is Cc1[nH]c(=O)c(C#N)c2c1COCC2. The van der Waals surface area contributed by atoms with Gasteiger partial charge in [-0.3, -0.25) is 4.79 Å². The van der Waals surface area contributed by atoms with Gasteiger partial charge in [-0.1, -0.05) is 0 Å². The van der Waals surface area contributed by atoms with Crippen LogP contribution in [0.2, 0.25) is 0 Å². The molecule has 4 nitrogen and oxygen atoms in total. The normalized spacial score (nSPS) is 14.6. The molecule has 0 fully saturated rings. The van der Waals surface area contributed by atoms with Crippen molar-refractivity contribution >= 4 is 0 Å². The topological polar surface area (TPSA) is 65.9 Å². The molecule has 0 spiro atoms. The molecule has 0 aliphatic carbocycles. The molecular formula is C10H10N2O2. The minimum atomic E-state index is -0.286. The molecule has 4 heteroatoms. The summed E-state index contributed by atoms with van der Waals surface area (Å²) in [6.07, 6.45) is 0.656. The summed E-state index contributed by atoms with van der Waals surface area (Å²) in [7, 11) is 0. The lowest BCUT2D eigenvalue weighted by molar-refractivity contribution is 0.109. The van der Waals surface area contributed by atoms with E-state index in [1.54, 1.807) is 0 Å². The monoisotopic (exact) mass is 190 g/mol. The number of nitrogens with zero attached hydrogens (tertiary/aromatic N) is 1. The Bertz CT molecular complexity index is 468. The first-order valence-electron chi connectivity index (χ1n) is 4.46. The number of aromatic nitrogens is 1. The highest BCUT2D eigenvalue weighted by molar-refractivity contribution is 5.43. The number of aryl methyl sites for hydroxylation is 1. The molecule has 2 heterocycles. The molecule has 0 atom stereocenters. The maximum absolute atomic E-state index is 11.4. The van der Waals surface area contributed by atoms with Gasteiger partial charge in [0, 0.05) is 11.3 Å². The van der Waals surface area contributed by atoms with E-state index in [0.717, 1.165) is 16.8 Å². The van der Waals surface area contributed by atoms with E-state index in [1.807, 2.05) is 13.0 Å². The van der Waals surface area contributed by atoms with Crippen molar-refractivity contribution < 1.29 is 4.74 Å². The smallest absolute Gasteiger partial charge is 0.266 e. The lowest BCUT2D eigenvalue weighted by Gasteiger charge is -2.18. The summed E-state index contributed by atoms with van der Waals surface area (Å²) in [5.74, 6) is 0. The van der Waals surface area contributed by atoms with Gasteiger partial charge in [0.05, 0.1) is 13.2 Å². The van der Waals surface area contributed by atoms with Crippen LogP contribution in [-0.2, 0) is 17.8 Å². The average molecular weight is 190 g/mol. The number of H-pyrrole nitrogens is 1. The second-order valence-corrected chi connectivity index (χ2v) is 3.33. The number of aromatic amines is 1. The van der Waals surface area contributed by atoms with Crippen LogP contribution in [0, 0.1) is 18.3 Å². The summed E-state index contributed by atoms with van der Waals surface area (Å²) >= 11 is 0. The van der Waals surface area contributed by atoms with Crippen molar-refractivity contribution in [3.8, 4) is 6.07 Å². The molecule has 0 aromatic carbocycles. The van der Waals surface area contributed by atoms with Crippen LogP contribution in [0.5, 0.6) is 0 Å². The summed E-state index contributed by atoms with van der Waals surface area (Å²) in [5, 5.41) is 8.85. The third kappa shape index (κ3) is 1.22. The fourth-order valence-electron chi connectivity index (χ4n) is 1.76. The maximum atomic E-state index is 11.4. The van der Waals surface area contributed by atoms with E-state index in [2.05, 4.69) is 4.98 Å². The zero-order valence-corrected chi connectivity index (χ0v) is 7.89. The Hall–Kier alpha value is -1.60. The molecule has 0 bridgehead atoms. The van der Waals surface area contributed by atoms with Gasteiger partial charge in [-0.25, -0.2) is 0 Å². The molecule has 1 aliphatic rings. The van der Waals surface area contributed by atoms with Gasteiger partial charge in [0.25, 0.3) is 5.56 Å².